The SMILES string of the molecule is CCC(C)C(NC(=O)c1ccc(C)c(Br)c1)C(=O)O. The molecule has 2 atom stereocenters. The lowest BCUT2D eigenvalue weighted by Crippen LogP contribution is -2.45. The summed E-state index contributed by atoms with van der Waals surface area (Å²) < 4.78 is 0.829. The Bertz CT molecular complexity index is 488. The fraction of sp³-hybridized carbons (Fsp3) is 0.429. The average molecular weight is 328 g/mol. The Morgan fingerprint density at radius 1 is 1.42 bits per heavy atom. The number of halogens is 1. The normalized spacial score (nSPS) is 13.7. The van der Waals surface area contributed by atoms with Gasteiger partial charge in [0.25, 0.3) is 5.91 Å². The summed E-state index contributed by atoms with van der Waals surface area (Å²) in [4.78, 5) is 23.2. The monoisotopic (exact) mass is 327 g/mol. The van der Waals surface area contributed by atoms with Gasteiger partial charge in [-0.15, -0.1) is 0 Å². The molecule has 1 amide bonds. The van der Waals surface area contributed by atoms with Crippen LogP contribution in [-0.4, -0.2) is 23.0 Å². The van der Waals surface area contributed by atoms with Gasteiger partial charge in [-0.1, -0.05) is 42.3 Å². The van der Waals surface area contributed by atoms with Crippen molar-refractivity contribution in [1.82, 2.24) is 5.32 Å². The summed E-state index contributed by atoms with van der Waals surface area (Å²) in [6, 6.07) is 4.33. The van der Waals surface area contributed by atoms with Gasteiger partial charge in [-0.05, 0) is 30.5 Å². The number of carbonyl (C=O) groups is 2. The molecule has 4 nitrogen and oxygen atoms in total. The lowest BCUT2D eigenvalue weighted by atomic mass is 9.99. The zero-order valence-electron chi connectivity index (χ0n) is 11.2. The summed E-state index contributed by atoms with van der Waals surface area (Å²) in [7, 11) is 0. The van der Waals surface area contributed by atoms with Crippen molar-refractivity contribution in [3.63, 3.8) is 0 Å². The predicted octanol–water partition coefficient (Wildman–Crippen LogP) is 2.99. The van der Waals surface area contributed by atoms with Gasteiger partial charge in [-0.25, -0.2) is 4.79 Å². The van der Waals surface area contributed by atoms with Crippen LogP contribution in [0.15, 0.2) is 22.7 Å². The Balaban J connectivity index is 2.87. The number of carbonyl (C=O) groups excluding carboxylic acids is 1. The number of nitrogens with one attached hydrogen (secondary N) is 1. The van der Waals surface area contributed by atoms with Crippen LogP contribution in [0.4, 0.5) is 0 Å². The van der Waals surface area contributed by atoms with Gasteiger partial charge in [0.1, 0.15) is 6.04 Å². The van der Waals surface area contributed by atoms with Crippen molar-refractivity contribution in [3.05, 3.63) is 33.8 Å². The molecule has 1 aromatic rings. The quantitative estimate of drug-likeness (QED) is 0.873. The van der Waals surface area contributed by atoms with E-state index in [1.807, 2.05) is 26.8 Å². The van der Waals surface area contributed by atoms with Crippen LogP contribution in [0.3, 0.4) is 0 Å². The molecule has 19 heavy (non-hydrogen) atoms. The molecular formula is C14H18BrNO3. The highest BCUT2D eigenvalue weighted by Crippen LogP contribution is 2.18. The lowest BCUT2D eigenvalue weighted by molar-refractivity contribution is -0.140. The van der Waals surface area contributed by atoms with E-state index in [0.29, 0.717) is 12.0 Å². The summed E-state index contributed by atoms with van der Waals surface area (Å²) in [5.41, 5.74) is 1.47. The minimum atomic E-state index is -1.01. The Morgan fingerprint density at radius 2 is 2.05 bits per heavy atom. The van der Waals surface area contributed by atoms with Crippen molar-refractivity contribution >= 4 is 27.8 Å². The number of aliphatic carboxylic acids is 1. The molecule has 1 rings (SSSR count). The van der Waals surface area contributed by atoms with Crippen LogP contribution in [0.25, 0.3) is 0 Å². The molecule has 0 spiro atoms. The second-order valence-corrected chi connectivity index (χ2v) is 5.49. The number of carboxylic acid groups (broad SMARTS) is 1. The molecular weight excluding hydrogens is 310 g/mol. The van der Waals surface area contributed by atoms with E-state index < -0.39 is 12.0 Å². The molecule has 5 heteroatoms. The first-order chi connectivity index (χ1) is 8.86. The van der Waals surface area contributed by atoms with Crippen molar-refractivity contribution in [2.24, 2.45) is 5.92 Å². The lowest BCUT2D eigenvalue weighted by Gasteiger charge is -2.20. The second kappa shape index (κ2) is 6.70. The number of carboxylic acids is 1. The highest BCUT2D eigenvalue weighted by atomic mass is 79.9. The Morgan fingerprint density at radius 3 is 2.53 bits per heavy atom. The van der Waals surface area contributed by atoms with E-state index in [0.717, 1.165) is 10.0 Å². The van der Waals surface area contributed by atoms with Crippen molar-refractivity contribution in [2.75, 3.05) is 0 Å². The summed E-state index contributed by atoms with van der Waals surface area (Å²) >= 11 is 3.36. The van der Waals surface area contributed by atoms with E-state index in [1.54, 1.807) is 12.1 Å². The minimum Gasteiger partial charge on any atom is -0.480 e. The summed E-state index contributed by atoms with van der Waals surface area (Å²) in [6.45, 7) is 5.63. The summed E-state index contributed by atoms with van der Waals surface area (Å²) in [6.07, 6.45) is 0.689. The van der Waals surface area contributed by atoms with E-state index in [-0.39, 0.29) is 11.8 Å². The molecule has 0 bridgehead atoms. The Kier molecular flexibility index (Phi) is 5.54. The van der Waals surface area contributed by atoms with Gasteiger partial charge in [-0.2, -0.15) is 0 Å². The van der Waals surface area contributed by atoms with Crippen LogP contribution >= 0.6 is 15.9 Å². The predicted molar refractivity (Wildman–Crippen MR) is 77.2 cm³/mol. The van der Waals surface area contributed by atoms with Crippen molar-refractivity contribution in [2.45, 2.75) is 33.2 Å². The number of benzene rings is 1. The smallest absolute Gasteiger partial charge is 0.326 e. The van der Waals surface area contributed by atoms with Crippen LogP contribution in [0.5, 0.6) is 0 Å². The molecule has 0 heterocycles. The largest absolute Gasteiger partial charge is 0.480 e. The van der Waals surface area contributed by atoms with Crippen molar-refractivity contribution in [1.29, 1.82) is 0 Å². The van der Waals surface area contributed by atoms with Gasteiger partial charge in [0.2, 0.25) is 0 Å². The third kappa shape index (κ3) is 4.06. The van der Waals surface area contributed by atoms with Gasteiger partial charge < -0.3 is 10.4 Å². The van der Waals surface area contributed by atoms with Crippen LogP contribution in [0.1, 0.15) is 36.2 Å². The molecule has 2 unspecified atom stereocenters. The highest BCUT2D eigenvalue weighted by Gasteiger charge is 2.25. The van der Waals surface area contributed by atoms with Crippen molar-refractivity contribution in [3.8, 4) is 0 Å². The molecule has 2 N–H and O–H groups in total. The summed E-state index contributed by atoms with van der Waals surface area (Å²) in [5.74, 6) is -1.49. The summed E-state index contributed by atoms with van der Waals surface area (Å²) in [5, 5.41) is 11.7. The van der Waals surface area contributed by atoms with E-state index in [1.165, 1.54) is 0 Å². The zero-order chi connectivity index (χ0) is 14.6. The van der Waals surface area contributed by atoms with E-state index in [9.17, 15) is 9.59 Å². The maximum absolute atomic E-state index is 12.0. The topological polar surface area (TPSA) is 66.4 Å². The number of aryl methyl sites for hydroxylation is 1. The van der Waals surface area contributed by atoms with Crippen LogP contribution < -0.4 is 5.32 Å². The minimum absolute atomic E-state index is 0.115. The first kappa shape index (κ1) is 15.7. The number of amides is 1. The Labute approximate surface area is 121 Å². The zero-order valence-corrected chi connectivity index (χ0v) is 12.8. The maximum atomic E-state index is 12.0. The van der Waals surface area contributed by atoms with Crippen LogP contribution in [-0.2, 0) is 4.79 Å². The van der Waals surface area contributed by atoms with Gasteiger partial charge in [0.05, 0.1) is 0 Å². The highest BCUT2D eigenvalue weighted by molar-refractivity contribution is 9.10. The second-order valence-electron chi connectivity index (χ2n) is 4.64. The molecule has 0 fully saturated rings. The standard InChI is InChI=1S/C14H18BrNO3/c1-4-8(2)12(14(18)19)16-13(17)10-6-5-9(3)11(15)7-10/h5-8,12H,4H2,1-3H3,(H,16,17)(H,18,19). The third-order valence-corrected chi connectivity index (χ3v) is 4.05. The van der Waals surface area contributed by atoms with Gasteiger partial charge in [-0.3, -0.25) is 4.79 Å². The average Bonchev–Trinajstić information content (AvgIpc) is 2.37. The number of hydrogen-bond donors (Lipinski definition) is 2. The van der Waals surface area contributed by atoms with Gasteiger partial charge >= 0.3 is 5.97 Å². The third-order valence-electron chi connectivity index (χ3n) is 3.20. The number of hydrogen-bond acceptors (Lipinski definition) is 2. The molecule has 104 valence electrons. The van der Waals surface area contributed by atoms with Crippen molar-refractivity contribution < 1.29 is 14.7 Å². The molecule has 0 saturated heterocycles. The first-order valence-electron chi connectivity index (χ1n) is 6.16. The van der Waals surface area contributed by atoms with Crippen LogP contribution in [0.2, 0.25) is 0 Å². The number of rotatable bonds is 5. The van der Waals surface area contributed by atoms with E-state index in [4.69, 9.17) is 5.11 Å². The molecule has 0 aliphatic rings. The van der Waals surface area contributed by atoms with E-state index in [2.05, 4.69) is 21.2 Å². The Hall–Kier alpha value is -1.36. The molecule has 0 aliphatic heterocycles. The maximum Gasteiger partial charge on any atom is 0.326 e. The molecule has 0 aliphatic carbocycles. The van der Waals surface area contributed by atoms with E-state index >= 15 is 0 Å². The van der Waals surface area contributed by atoms with Gasteiger partial charge in [0.15, 0.2) is 0 Å². The fourth-order valence-corrected chi connectivity index (χ4v) is 2.02. The molecule has 0 radical (unpaired) electrons. The van der Waals surface area contributed by atoms with Crippen LogP contribution in [0, 0.1) is 12.8 Å². The first-order valence-corrected chi connectivity index (χ1v) is 6.96. The van der Waals surface area contributed by atoms with Gasteiger partial charge in [0, 0.05) is 10.0 Å². The molecule has 0 aromatic heterocycles. The fourth-order valence-electron chi connectivity index (χ4n) is 1.64. The molecule has 1 aromatic carbocycles. The molecule has 0 saturated carbocycles.